The van der Waals surface area contributed by atoms with Crippen molar-refractivity contribution in [3.05, 3.63) is 187 Å². The summed E-state index contributed by atoms with van der Waals surface area (Å²) < 4.78 is 0. The second-order valence-electron chi connectivity index (χ2n) is 13.7. The Morgan fingerprint density at radius 1 is 0.294 bits per heavy atom. The number of aromatic nitrogens is 3. The SMILES string of the molecule is CC1(C)c2ccccc2-c2ccc(-c3ccc(-c4nc(-c5ccc(-c6ccccc6)cc5)nc(-c5ccc(-c6ccccc6)cc5)n4)cc3)cc21. The minimum absolute atomic E-state index is 0.0435. The van der Waals surface area contributed by atoms with Gasteiger partial charge in [-0.15, -0.1) is 0 Å². The topological polar surface area (TPSA) is 38.7 Å². The van der Waals surface area contributed by atoms with Crippen LogP contribution in [0, 0.1) is 0 Å². The van der Waals surface area contributed by atoms with E-state index in [9.17, 15) is 0 Å². The van der Waals surface area contributed by atoms with Gasteiger partial charge < -0.3 is 0 Å². The predicted molar refractivity (Wildman–Crippen MR) is 210 cm³/mol. The maximum Gasteiger partial charge on any atom is 0.164 e. The molecule has 9 rings (SSSR count). The molecule has 0 N–H and O–H groups in total. The molecule has 1 aliphatic carbocycles. The number of fused-ring (bicyclic) bond motifs is 3. The van der Waals surface area contributed by atoms with Crippen LogP contribution in [0.5, 0.6) is 0 Å². The number of hydrogen-bond donors (Lipinski definition) is 0. The van der Waals surface area contributed by atoms with Crippen LogP contribution in [0.3, 0.4) is 0 Å². The maximum absolute atomic E-state index is 5.04. The van der Waals surface area contributed by atoms with E-state index >= 15 is 0 Å². The molecule has 0 radical (unpaired) electrons. The molecule has 7 aromatic carbocycles. The van der Waals surface area contributed by atoms with Crippen LogP contribution in [-0.2, 0) is 5.41 Å². The first-order chi connectivity index (χ1) is 25.0. The Morgan fingerprint density at radius 3 is 1.10 bits per heavy atom. The zero-order valence-corrected chi connectivity index (χ0v) is 28.6. The summed E-state index contributed by atoms with van der Waals surface area (Å²) in [7, 11) is 0. The van der Waals surface area contributed by atoms with Gasteiger partial charge in [0.1, 0.15) is 0 Å². The van der Waals surface area contributed by atoms with Crippen LogP contribution in [0.25, 0.3) is 78.7 Å². The second kappa shape index (κ2) is 12.5. The molecule has 242 valence electrons. The van der Waals surface area contributed by atoms with Crippen LogP contribution in [0.4, 0.5) is 0 Å². The van der Waals surface area contributed by atoms with Crippen molar-refractivity contribution in [1.29, 1.82) is 0 Å². The summed E-state index contributed by atoms with van der Waals surface area (Å²) in [4.78, 5) is 15.1. The largest absolute Gasteiger partial charge is 0.208 e. The van der Waals surface area contributed by atoms with Crippen LogP contribution in [0.2, 0.25) is 0 Å². The third-order valence-corrected chi connectivity index (χ3v) is 10.2. The summed E-state index contributed by atoms with van der Waals surface area (Å²) in [6, 6.07) is 62.0. The lowest BCUT2D eigenvalue weighted by molar-refractivity contribution is 0.660. The molecule has 1 heterocycles. The van der Waals surface area contributed by atoms with E-state index in [1.165, 1.54) is 38.9 Å². The zero-order chi connectivity index (χ0) is 34.4. The molecule has 51 heavy (non-hydrogen) atoms. The Bertz CT molecular complexity index is 2400. The fourth-order valence-corrected chi connectivity index (χ4v) is 7.34. The van der Waals surface area contributed by atoms with E-state index in [-0.39, 0.29) is 5.41 Å². The van der Waals surface area contributed by atoms with Gasteiger partial charge in [-0.3, -0.25) is 0 Å². The Morgan fingerprint density at radius 2 is 0.627 bits per heavy atom. The van der Waals surface area contributed by atoms with Crippen molar-refractivity contribution < 1.29 is 0 Å². The van der Waals surface area contributed by atoms with E-state index < -0.39 is 0 Å². The van der Waals surface area contributed by atoms with E-state index in [0.717, 1.165) is 33.4 Å². The first kappa shape index (κ1) is 30.6. The van der Waals surface area contributed by atoms with Crippen LogP contribution in [0.1, 0.15) is 25.0 Å². The Labute approximate surface area is 299 Å². The van der Waals surface area contributed by atoms with Gasteiger partial charge in [0.15, 0.2) is 17.5 Å². The van der Waals surface area contributed by atoms with Gasteiger partial charge in [0, 0.05) is 22.1 Å². The first-order valence-electron chi connectivity index (χ1n) is 17.4. The molecule has 3 heteroatoms. The Kier molecular flexibility index (Phi) is 7.48. The summed E-state index contributed by atoms with van der Waals surface area (Å²) in [5, 5.41) is 0. The van der Waals surface area contributed by atoms with Gasteiger partial charge in [0.25, 0.3) is 0 Å². The number of rotatable bonds is 6. The fraction of sp³-hybridized carbons (Fsp3) is 0.0625. The molecule has 0 saturated carbocycles. The highest BCUT2D eigenvalue weighted by atomic mass is 15.0. The molecule has 1 aromatic heterocycles. The summed E-state index contributed by atoms with van der Waals surface area (Å²) in [6.45, 7) is 4.65. The van der Waals surface area contributed by atoms with E-state index in [4.69, 9.17) is 15.0 Å². The standard InChI is InChI=1S/C48H35N3/c1-48(2)43-16-10-9-15-41(43)42-30-29-40(31-44(42)48)36-21-27-39(28-22-36)47-50-45(37-23-17-34(18-24-37)32-11-5-3-6-12-32)49-46(51-47)38-25-19-35(20-26-38)33-13-7-4-8-14-33/h3-31H,1-2H3. The van der Waals surface area contributed by atoms with Crippen molar-refractivity contribution in [2.45, 2.75) is 19.3 Å². The second-order valence-corrected chi connectivity index (χ2v) is 13.7. The van der Waals surface area contributed by atoms with Crippen molar-refractivity contribution in [3.63, 3.8) is 0 Å². The highest BCUT2D eigenvalue weighted by Gasteiger charge is 2.35. The fourth-order valence-electron chi connectivity index (χ4n) is 7.34. The van der Waals surface area contributed by atoms with Crippen LogP contribution < -0.4 is 0 Å². The lowest BCUT2D eigenvalue weighted by atomic mass is 9.81. The Hall–Kier alpha value is -6.45. The number of benzene rings is 7. The normalized spacial score (nSPS) is 12.7. The van der Waals surface area contributed by atoms with Crippen LogP contribution >= 0.6 is 0 Å². The molecule has 0 bridgehead atoms. The summed E-state index contributed by atoms with van der Waals surface area (Å²) in [5.41, 5.74) is 15.2. The van der Waals surface area contributed by atoms with Gasteiger partial charge in [-0.2, -0.15) is 0 Å². The first-order valence-corrected chi connectivity index (χ1v) is 17.4. The molecule has 0 spiro atoms. The van der Waals surface area contributed by atoms with Crippen molar-refractivity contribution in [1.82, 2.24) is 15.0 Å². The van der Waals surface area contributed by atoms with Gasteiger partial charge >= 0.3 is 0 Å². The van der Waals surface area contributed by atoms with Crippen molar-refractivity contribution in [3.8, 4) is 78.7 Å². The molecule has 0 unspecified atom stereocenters. The summed E-state index contributed by atoms with van der Waals surface area (Å²) in [5.74, 6) is 1.93. The number of hydrogen-bond acceptors (Lipinski definition) is 3. The van der Waals surface area contributed by atoms with E-state index in [0.29, 0.717) is 17.5 Å². The van der Waals surface area contributed by atoms with E-state index in [1.54, 1.807) is 0 Å². The van der Waals surface area contributed by atoms with Crippen LogP contribution in [-0.4, -0.2) is 15.0 Å². The highest BCUT2D eigenvalue weighted by molar-refractivity contribution is 5.84. The van der Waals surface area contributed by atoms with E-state index in [2.05, 4.69) is 178 Å². The third-order valence-electron chi connectivity index (χ3n) is 10.2. The lowest BCUT2D eigenvalue weighted by Crippen LogP contribution is -2.14. The predicted octanol–water partition coefficient (Wildman–Crippen LogP) is 12.2. The molecule has 8 aromatic rings. The molecular formula is C48H35N3. The Balaban J connectivity index is 1.08. The highest BCUT2D eigenvalue weighted by Crippen LogP contribution is 2.49. The van der Waals surface area contributed by atoms with Gasteiger partial charge in [-0.1, -0.05) is 184 Å². The quantitative estimate of drug-likeness (QED) is 0.179. The average molecular weight is 654 g/mol. The molecule has 1 aliphatic rings. The third kappa shape index (κ3) is 5.63. The lowest BCUT2D eigenvalue weighted by Gasteiger charge is -2.22. The van der Waals surface area contributed by atoms with Crippen molar-refractivity contribution >= 4 is 0 Å². The molecule has 3 nitrogen and oxygen atoms in total. The molecule has 0 saturated heterocycles. The molecule has 0 amide bonds. The van der Waals surface area contributed by atoms with Gasteiger partial charge in [-0.25, -0.2) is 15.0 Å². The molecule has 0 atom stereocenters. The zero-order valence-electron chi connectivity index (χ0n) is 28.6. The minimum atomic E-state index is -0.0435. The number of nitrogens with zero attached hydrogens (tertiary/aromatic N) is 3. The smallest absolute Gasteiger partial charge is 0.164 e. The monoisotopic (exact) mass is 653 g/mol. The van der Waals surface area contributed by atoms with Crippen molar-refractivity contribution in [2.24, 2.45) is 0 Å². The molecular weight excluding hydrogens is 619 g/mol. The van der Waals surface area contributed by atoms with Gasteiger partial charge in [-0.05, 0) is 61.7 Å². The van der Waals surface area contributed by atoms with Gasteiger partial charge in [0.2, 0.25) is 0 Å². The maximum atomic E-state index is 5.04. The summed E-state index contributed by atoms with van der Waals surface area (Å²) >= 11 is 0. The van der Waals surface area contributed by atoms with Gasteiger partial charge in [0.05, 0.1) is 0 Å². The van der Waals surface area contributed by atoms with Crippen LogP contribution in [0.15, 0.2) is 176 Å². The average Bonchev–Trinajstić information content (AvgIpc) is 3.44. The van der Waals surface area contributed by atoms with Crippen molar-refractivity contribution in [2.75, 3.05) is 0 Å². The summed E-state index contributed by atoms with van der Waals surface area (Å²) in [6.07, 6.45) is 0. The molecule has 0 fully saturated rings. The molecule has 0 aliphatic heterocycles. The van der Waals surface area contributed by atoms with E-state index in [1.807, 2.05) is 12.1 Å². The minimum Gasteiger partial charge on any atom is -0.208 e.